The molecule has 3 nitrogen and oxygen atoms in total. The van der Waals surface area contributed by atoms with E-state index in [2.05, 4.69) is 0 Å². The summed E-state index contributed by atoms with van der Waals surface area (Å²) in [5, 5.41) is 0. The van der Waals surface area contributed by atoms with Crippen LogP contribution < -0.4 is 5.73 Å². The van der Waals surface area contributed by atoms with E-state index >= 15 is 0 Å². The maximum atomic E-state index is 11.6. The van der Waals surface area contributed by atoms with E-state index in [1.54, 1.807) is 0 Å². The first-order valence-electron chi connectivity index (χ1n) is 5.23. The molecule has 1 rings (SSSR count). The van der Waals surface area contributed by atoms with Crippen LogP contribution >= 0.6 is 0 Å². The lowest BCUT2D eigenvalue weighted by atomic mass is 10.1. The van der Waals surface area contributed by atoms with Crippen LogP contribution in [0.25, 0.3) is 0 Å². The molecule has 1 atom stereocenters. The molecule has 0 radical (unpaired) electrons. The lowest BCUT2D eigenvalue weighted by Gasteiger charge is -2.26. The first-order chi connectivity index (χ1) is 6.20. The van der Waals surface area contributed by atoms with E-state index in [4.69, 9.17) is 5.73 Å². The largest absolute Gasteiger partial charge is 0.341 e. The standard InChI is InChI=1S/C10H20N2O/c1-9(11)8-12-7-5-3-2-4-6-10(12)13/h9H,2-8,11H2,1H3/t9-/m0/s1. The molecule has 0 aromatic rings. The van der Waals surface area contributed by atoms with Gasteiger partial charge in [-0.25, -0.2) is 0 Å². The van der Waals surface area contributed by atoms with Gasteiger partial charge < -0.3 is 10.6 Å². The monoisotopic (exact) mass is 184 g/mol. The molecule has 0 bridgehead atoms. The van der Waals surface area contributed by atoms with Crippen molar-refractivity contribution in [2.45, 2.75) is 45.1 Å². The van der Waals surface area contributed by atoms with Crippen molar-refractivity contribution in [1.82, 2.24) is 4.90 Å². The second kappa shape index (κ2) is 5.22. The molecule has 0 unspecified atom stereocenters. The maximum absolute atomic E-state index is 11.6. The van der Waals surface area contributed by atoms with E-state index < -0.39 is 0 Å². The molecule has 0 aromatic heterocycles. The van der Waals surface area contributed by atoms with Gasteiger partial charge >= 0.3 is 0 Å². The van der Waals surface area contributed by atoms with Gasteiger partial charge in [-0.3, -0.25) is 4.79 Å². The van der Waals surface area contributed by atoms with E-state index in [0.717, 1.165) is 25.9 Å². The molecular formula is C10H20N2O. The van der Waals surface area contributed by atoms with Crippen LogP contribution in [0.4, 0.5) is 0 Å². The summed E-state index contributed by atoms with van der Waals surface area (Å²) in [4.78, 5) is 13.5. The Labute approximate surface area is 80.3 Å². The molecule has 1 aliphatic heterocycles. The average Bonchev–Trinajstić information content (AvgIpc) is 2.04. The molecule has 0 saturated carbocycles. The molecule has 1 amide bonds. The third-order valence-corrected chi connectivity index (χ3v) is 2.43. The second-order valence-corrected chi connectivity index (χ2v) is 3.98. The van der Waals surface area contributed by atoms with Gasteiger partial charge in [-0.2, -0.15) is 0 Å². The highest BCUT2D eigenvalue weighted by Gasteiger charge is 2.15. The summed E-state index contributed by atoms with van der Waals surface area (Å²) < 4.78 is 0. The van der Waals surface area contributed by atoms with Gasteiger partial charge in [-0.15, -0.1) is 0 Å². The first-order valence-corrected chi connectivity index (χ1v) is 5.23. The van der Waals surface area contributed by atoms with Crippen LogP contribution in [0.5, 0.6) is 0 Å². The van der Waals surface area contributed by atoms with Crippen molar-refractivity contribution < 1.29 is 4.79 Å². The third-order valence-electron chi connectivity index (χ3n) is 2.43. The van der Waals surface area contributed by atoms with Crippen molar-refractivity contribution in [3.05, 3.63) is 0 Å². The van der Waals surface area contributed by atoms with Crippen LogP contribution in [0.1, 0.15) is 39.0 Å². The zero-order chi connectivity index (χ0) is 9.68. The lowest BCUT2D eigenvalue weighted by molar-refractivity contribution is -0.132. The van der Waals surface area contributed by atoms with E-state index in [1.807, 2.05) is 11.8 Å². The maximum Gasteiger partial charge on any atom is 0.222 e. The number of likely N-dealkylation sites (tertiary alicyclic amines) is 1. The Hall–Kier alpha value is -0.570. The van der Waals surface area contributed by atoms with Crippen molar-refractivity contribution in [3.63, 3.8) is 0 Å². The minimum absolute atomic E-state index is 0.100. The first kappa shape index (κ1) is 10.5. The number of nitrogens with two attached hydrogens (primary N) is 1. The number of nitrogens with zero attached hydrogens (tertiary/aromatic N) is 1. The van der Waals surface area contributed by atoms with Crippen LogP contribution in [-0.2, 0) is 4.79 Å². The van der Waals surface area contributed by atoms with Gasteiger partial charge in [0.25, 0.3) is 0 Å². The van der Waals surface area contributed by atoms with Crippen molar-refractivity contribution >= 4 is 5.91 Å². The number of carbonyl (C=O) groups is 1. The highest BCUT2D eigenvalue weighted by atomic mass is 16.2. The fourth-order valence-electron chi connectivity index (χ4n) is 1.76. The van der Waals surface area contributed by atoms with Gasteiger partial charge in [-0.1, -0.05) is 12.8 Å². The van der Waals surface area contributed by atoms with Gasteiger partial charge in [0.2, 0.25) is 5.91 Å². The minimum atomic E-state index is 0.100. The van der Waals surface area contributed by atoms with Crippen molar-refractivity contribution in [2.24, 2.45) is 5.73 Å². The molecule has 2 N–H and O–H groups in total. The molecule has 76 valence electrons. The summed E-state index contributed by atoms with van der Waals surface area (Å²) in [7, 11) is 0. The van der Waals surface area contributed by atoms with Crippen molar-refractivity contribution in [1.29, 1.82) is 0 Å². The Morgan fingerprint density at radius 1 is 1.38 bits per heavy atom. The Morgan fingerprint density at radius 2 is 2.08 bits per heavy atom. The molecule has 1 aliphatic rings. The SMILES string of the molecule is C[C@H](N)CN1CCCCCCC1=O. The smallest absolute Gasteiger partial charge is 0.222 e. The molecule has 0 spiro atoms. The number of hydrogen-bond donors (Lipinski definition) is 1. The zero-order valence-electron chi connectivity index (χ0n) is 8.46. The normalized spacial score (nSPS) is 22.3. The van der Waals surface area contributed by atoms with E-state index in [0.29, 0.717) is 6.42 Å². The highest BCUT2D eigenvalue weighted by molar-refractivity contribution is 5.76. The predicted octanol–water partition coefficient (Wildman–Crippen LogP) is 1.13. The second-order valence-electron chi connectivity index (χ2n) is 3.98. The van der Waals surface area contributed by atoms with Crippen LogP contribution in [0, 0.1) is 0 Å². The molecule has 1 saturated heterocycles. The molecule has 1 heterocycles. The van der Waals surface area contributed by atoms with E-state index in [-0.39, 0.29) is 11.9 Å². The topological polar surface area (TPSA) is 46.3 Å². The fourth-order valence-corrected chi connectivity index (χ4v) is 1.76. The third kappa shape index (κ3) is 3.77. The number of amides is 1. The average molecular weight is 184 g/mol. The van der Waals surface area contributed by atoms with Crippen molar-refractivity contribution in [3.8, 4) is 0 Å². The van der Waals surface area contributed by atoms with Gasteiger partial charge in [0.05, 0.1) is 0 Å². The van der Waals surface area contributed by atoms with Crippen molar-refractivity contribution in [2.75, 3.05) is 13.1 Å². The quantitative estimate of drug-likeness (QED) is 0.699. The fraction of sp³-hybridized carbons (Fsp3) is 0.900. The van der Waals surface area contributed by atoms with Gasteiger partial charge in [0, 0.05) is 25.6 Å². The zero-order valence-corrected chi connectivity index (χ0v) is 8.46. The van der Waals surface area contributed by atoms with Crippen LogP contribution in [-0.4, -0.2) is 29.9 Å². The molecule has 1 fully saturated rings. The summed E-state index contributed by atoms with van der Waals surface area (Å²) >= 11 is 0. The molecule has 3 heteroatoms. The van der Waals surface area contributed by atoms with Crippen LogP contribution in [0.15, 0.2) is 0 Å². The number of hydrogen-bond acceptors (Lipinski definition) is 2. The molecule has 0 aliphatic carbocycles. The Kier molecular flexibility index (Phi) is 4.22. The Balaban J connectivity index is 2.41. The van der Waals surface area contributed by atoms with Gasteiger partial charge in [0.1, 0.15) is 0 Å². The molecule has 13 heavy (non-hydrogen) atoms. The van der Waals surface area contributed by atoms with Crippen LogP contribution in [0.2, 0.25) is 0 Å². The number of rotatable bonds is 2. The lowest BCUT2D eigenvalue weighted by Crippen LogP contribution is -2.40. The van der Waals surface area contributed by atoms with Gasteiger partial charge in [-0.05, 0) is 19.8 Å². The Bertz CT molecular complexity index is 168. The molecular weight excluding hydrogens is 164 g/mol. The summed E-state index contributed by atoms with van der Waals surface area (Å²) in [5.41, 5.74) is 5.68. The summed E-state index contributed by atoms with van der Waals surface area (Å²) in [6, 6.07) is 0.100. The number of carbonyl (C=O) groups excluding carboxylic acids is 1. The van der Waals surface area contributed by atoms with Gasteiger partial charge in [0.15, 0.2) is 0 Å². The van der Waals surface area contributed by atoms with E-state index in [1.165, 1.54) is 12.8 Å². The predicted molar refractivity (Wildman–Crippen MR) is 53.3 cm³/mol. The van der Waals surface area contributed by atoms with E-state index in [9.17, 15) is 4.79 Å². The Morgan fingerprint density at radius 3 is 2.77 bits per heavy atom. The minimum Gasteiger partial charge on any atom is -0.341 e. The summed E-state index contributed by atoms with van der Waals surface area (Å²) in [6.45, 7) is 3.57. The summed E-state index contributed by atoms with van der Waals surface area (Å²) in [6.07, 6.45) is 5.36. The summed E-state index contributed by atoms with van der Waals surface area (Å²) in [5.74, 6) is 0.289. The molecule has 0 aromatic carbocycles. The van der Waals surface area contributed by atoms with Crippen LogP contribution in [0.3, 0.4) is 0 Å². The highest BCUT2D eigenvalue weighted by Crippen LogP contribution is 2.11.